The Morgan fingerprint density at radius 1 is 1.13 bits per heavy atom. The highest BCUT2D eigenvalue weighted by molar-refractivity contribution is 9.10. The molecule has 30 heavy (non-hydrogen) atoms. The lowest BCUT2D eigenvalue weighted by molar-refractivity contribution is -0.0498. The third-order valence-corrected chi connectivity index (χ3v) is 5.16. The lowest BCUT2D eigenvalue weighted by atomic mass is 10.1. The summed E-state index contributed by atoms with van der Waals surface area (Å²) >= 11 is 3.39. The minimum atomic E-state index is -2.95. The van der Waals surface area contributed by atoms with Crippen molar-refractivity contribution in [3.8, 4) is 22.7 Å². The molecule has 0 bridgehead atoms. The number of halogens is 3. The van der Waals surface area contributed by atoms with Crippen LogP contribution in [0.15, 0.2) is 59.6 Å². The van der Waals surface area contributed by atoms with Gasteiger partial charge in [0.05, 0.1) is 28.7 Å². The fourth-order valence-corrected chi connectivity index (χ4v) is 3.70. The van der Waals surface area contributed by atoms with Gasteiger partial charge in [-0.1, -0.05) is 15.9 Å². The van der Waals surface area contributed by atoms with E-state index < -0.39 is 6.61 Å². The smallest absolute Gasteiger partial charge is 0.387 e. The number of fused-ring (bicyclic) bond motifs is 2. The summed E-state index contributed by atoms with van der Waals surface area (Å²) in [6.45, 7) is -1.11. The molecule has 5 rings (SSSR count). The Balaban J connectivity index is 1.73. The average molecular weight is 471 g/mol. The monoisotopic (exact) mass is 470 g/mol. The second-order valence-electron chi connectivity index (χ2n) is 6.52. The highest BCUT2D eigenvalue weighted by Crippen LogP contribution is 2.33. The Hall–Kier alpha value is -3.40. The molecule has 0 spiro atoms. The zero-order valence-corrected chi connectivity index (χ0v) is 17.1. The Kier molecular flexibility index (Phi) is 4.43. The molecule has 10 heteroatoms. The maximum atomic E-state index is 12.9. The predicted molar refractivity (Wildman–Crippen MR) is 110 cm³/mol. The first-order valence-corrected chi connectivity index (χ1v) is 9.69. The predicted octanol–water partition coefficient (Wildman–Crippen LogP) is 4.80. The minimum Gasteiger partial charge on any atom is -0.433 e. The van der Waals surface area contributed by atoms with E-state index in [1.807, 2.05) is 13.0 Å². The van der Waals surface area contributed by atoms with E-state index in [4.69, 9.17) is 4.74 Å². The molecule has 0 aliphatic heterocycles. The van der Waals surface area contributed by atoms with Crippen LogP contribution in [0.1, 0.15) is 5.69 Å². The number of ether oxygens (including phenoxy) is 1. The molecule has 0 atom stereocenters. The van der Waals surface area contributed by atoms with Crippen LogP contribution < -0.4 is 4.74 Å². The molecule has 4 aromatic heterocycles. The summed E-state index contributed by atoms with van der Waals surface area (Å²) in [5, 5.41) is 9.65. The molecule has 4 heterocycles. The van der Waals surface area contributed by atoms with E-state index in [2.05, 4.69) is 36.1 Å². The van der Waals surface area contributed by atoms with Gasteiger partial charge in [0.15, 0.2) is 11.4 Å². The van der Waals surface area contributed by atoms with E-state index in [-0.39, 0.29) is 5.75 Å². The number of nitrogens with zero attached hydrogens (tertiary/aromatic N) is 6. The molecular formula is C20H13BrF2N6O. The van der Waals surface area contributed by atoms with Gasteiger partial charge in [-0.3, -0.25) is 4.98 Å². The van der Waals surface area contributed by atoms with Gasteiger partial charge in [0.1, 0.15) is 5.69 Å². The zero-order chi connectivity index (χ0) is 20.8. The van der Waals surface area contributed by atoms with Gasteiger partial charge < -0.3 is 4.74 Å². The van der Waals surface area contributed by atoms with Crippen LogP contribution in [0.25, 0.3) is 33.5 Å². The van der Waals surface area contributed by atoms with Crippen LogP contribution in [0, 0.1) is 6.92 Å². The zero-order valence-electron chi connectivity index (χ0n) is 15.5. The Bertz CT molecular complexity index is 1400. The minimum absolute atomic E-state index is 0.0219. The van der Waals surface area contributed by atoms with Crippen molar-refractivity contribution in [1.82, 2.24) is 29.4 Å². The fraction of sp³-hybridized carbons (Fsp3) is 0.100. The Morgan fingerprint density at radius 3 is 2.83 bits per heavy atom. The van der Waals surface area contributed by atoms with Crippen LogP contribution in [0.2, 0.25) is 0 Å². The summed E-state index contributed by atoms with van der Waals surface area (Å²) in [6.07, 6.45) is 6.88. The van der Waals surface area contributed by atoms with E-state index >= 15 is 0 Å². The third kappa shape index (κ3) is 3.09. The molecule has 0 saturated carbocycles. The molecule has 7 nitrogen and oxygen atoms in total. The second kappa shape index (κ2) is 7.13. The largest absolute Gasteiger partial charge is 0.433 e. The van der Waals surface area contributed by atoms with E-state index in [0.717, 1.165) is 10.9 Å². The van der Waals surface area contributed by atoms with Crippen molar-refractivity contribution < 1.29 is 13.5 Å². The summed E-state index contributed by atoms with van der Waals surface area (Å²) in [5.74, 6) is 0.0219. The average Bonchev–Trinajstić information content (AvgIpc) is 3.30. The molecule has 0 radical (unpaired) electrons. The molecule has 150 valence electrons. The van der Waals surface area contributed by atoms with E-state index in [1.54, 1.807) is 52.2 Å². The Morgan fingerprint density at radius 2 is 2.00 bits per heavy atom. The first-order valence-electron chi connectivity index (χ1n) is 8.90. The number of benzene rings is 1. The van der Waals surface area contributed by atoms with E-state index in [0.29, 0.717) is 32.7 Å². The van der Waals surface area contributed by atoms with Gasteiger partial charge in [0.2, 0.25) is 0 Å². The van der Waals surface area contributed by atoms with Crippen LogP contribution in [0.3, 0.4) is 0 Å². The van der Waals surface area contributed by atoms with Gasteiger partial charge in [-0.15, -0.1) is 0 Å². The molecule has 1 aromatic carbocycles. The number of rotatable bonds is 4. The number of aromatic nitrogens is 6. The normalized spacial score (nSPS) is 11.6. The second-order valence-corrected chi connectivity index (χ2v) is 7.44. The lowest BCUT2D eigenvalue weighted by Crippen LogP contribution is -2.07. The number of pyridine rings is 1. The molecule has 0 aliphatic rings. The summed E-state index contributed by atoms with van der Waals surface area (Å²) in [7, 11) is 0. The lowest BCUT2D eigenvalue weighted by Gasteiger charge is -2.12. The summed E-state index contributed by atoms with van der Waals surface area (Å²) in [6, 6.07) is 8.43. The van der Waals surface area contributed by atoms with Crippen LogP contribution in [-0.4, -0.2) is 36.0 Å². The van der Waals surface area contributed by atoms with Gasteiger partial charge in [-0.25, -0.2) is 14.2 Å². The molecule has 5 aromatic rings. The van der Waals surface area contributed by atoms with Crippen molar-refractivity contribution >= 4 is 32.5 Å². The summed E-state index contributed by atoms with van der Waals surface area (Å²) in [5.41, 5.74) is 3.86. The van der Waals surface area contributed by atoms with Gasteiger partial charge in [-0.2, -0.15) is 19.0 Å². The van der Waals surface area contributed by atoms with Gasteiger partial charge in [-0.05, 0) is 37.3 Å². The molecule has 0 fully saturated rings. The molecule has 0 N–H and O–H groups in total. The molecule has 0 aliphatic carbocycles. The maximum Gasteiger partial charge on any atom is 0.387 e. The van der Waals surface area contributed by atoms with Crippen molar-refractivity contribution in [2.24, 2.45) is 0 Å². The first-order chi connectivity index (χ1) is 14.5. The van der Waals surface area contributed by atoms with Gasteiger partial charge in [0, 0.05) is 28.4 Å². The summed E-state index contributed by atoms with van der Waals surface area (Å²) in [4.78, 5) is 8.92. The summed E-state index contributed by atoms with van der Waals surface area (Å²) < 4.78 is 34.6. The standard InChI is InChI=1S/C20H13BrF2N6O/c1-11-13-9-25-15(14-10-26-28-6-2-5-24-19(14)28)8-16(13)29(27-11)17-7-12(21)3-4-18(17)30-20(22)23/h2-10,20H,1H3. The van der Waals surface area contributed by atoms with Crippen LogP contribution >= 0.6 is 15.9 Å². The molecule has 0 unspecified atom stereocenters. The number of aryl methyl sites for hydroxylation is 1. The maximum absolute atomic E-state index is 12.9. The number of alkyl halides is 2. The SMILES string of the molecule is Cc1nn(-c2cc(Br)ccc2OC(F)F)c2cc(-c3cnn4cccnc34)ncc12. The third-order valence-electron chi connectivity index (χ3n) is 4.67. The van der Waals surface area contributed by atoms with Crippen molar-refractivity contribution in [3.05, 3.63) is 65.3 Å². The van der Waals surface area contributed by atoms with Crippen LogP contribution in [-0.2, 0) is 0 Å². The van der Waals surface area contributed by atoms with Crippen LogP contribution in [0.5, 0.6) is 5.75 Å². The topological polar surface area (TPSA) is 70.1 Å². The van der Waals surface area contributed by atoms with Crippen molar-refractivity contribution in [1.29, 1.82) is 0 Å². The van der Waals surface area contributed by atoms with Crippen LogP contribution in [0.4, 0.5) is 8.78 Å². The van der Waals surface area contributed by atoms with Gasteiger partial charge in [0.25, 0.3) is 0 Å². The van der Waals surface area contributed by atoms with Crippen molar-refractivity contribution in [2.45, 2.75) is 13.5 Å². The number of hydrogen-bond donors (Lipinski definition) is 0. The van der Waals surface area contributed by atoms with Crippen molar-refractivity contribution in [2.75, 3.05) is 0 Å². The first kappa shape index (κ1) is 18.6. The van der Waals surface area contributed by atoms with E-state index in [1.165, 1.54) is 6.07 Å². The molecule has 0 amide bonds. The number of hydrogen-bond acceptors (Lipinski definition) is 5. The highest BCUT2D eigenvalue weighted by Gasteiger charge is 2.18. The molecule has 0 saturated heterocycles. The Labute approximate surface area is 177 Å². The molecular weight excluding hydrogens is 458 g/mol. The van der Waals surface area contributed by atoms with E-state index in [9.17, 15) is 8.78 Å². The quantitative estimate of drug-likeness (QED) is 0.377. The van der Waals surface area contributed by atoms with Crippen molar-refractivity contribution in [3.63, 3.8) is 0 Å². The fourth-order valence-electron chi connectivity index (χ4n) is 3.35. The van der Waals surface area contributed by atoms with Gasteiger partial charge >= 0.3 is 6.61 Å². The highest BCUT2D eigenvalue weighted by atomic mass is 79.9.